The third kappa shape index (κ3) is 21.7. The lowest BCUT2D eigenvalue weighted by molar-refractivity contribution is -0.148. The summed E-state index contributed by atoms with van der Waals surface area (Å²) in [6.07, 6.45) is -16.3. The van der Waals surface area contributed by atoms with E-state index in [9.17, 15) is 114 Å². The summed E-state index contributed by atoms with van der Waals surface area (Å²) in [6.45, 7) is 5.52. The molecule has 2 amide bonds. The topological polar surface area (TPSA) is 388 Å². The van der Waals surface area contributed by atoms with Gasteiger partial charge in [-0.3, -0.25) is 38.4 Å². The minimum absolute atomic E-state index is 0.0131. The Labute approximate surface area is 753 Å². The zero-order valence-corrected chi connectivity index (χ0v) is 71.9. The maximum atomic E-state index is 14.9. The number of aromatic nitrogens is 14. The van der Waals surface area contributed by atoms with Crippen LogP contribution in [0.2, 0.25) is 0 Å². The number of carboxylic acids is 1. The fourth-order valence-corrected chi connectivity index (χ4v) is 15.9. The minimum Gasteiger partial charge on any atom is -0.478 e. The van der Waals surface area contributed by atoms with Crippen LogP contribution in [0.4, 0.5) is 65.9 Å². The normalized spacial score (nSPS) is 13.6. The highest BCUT2D eigenvalue weighted by Gasteiger charge is 2.46. The third-order valence-electron chi connectivity index (χ3n) is 22.2. The maximum Gasteiger partial charge on any atom is 0.449 e. The Morgan fingerprint density at radius 1 is 0.385 bits per heavy atom. The quantitative estimate of drug-likeness (QED) is 0.0249. The van der Waals surface area contributed by atoms with Gasteiger partial charge in [-0.1, -0.05) is 93.6 Å². The Kier molecular flexibility index (Phi) is 29.6. The molecule has 0 saturated heterocycles. The number of H-pyrrole nitrogens is 3. The van der Waals surface area contributed by atoms with E-state index in [-0.39, 0.29) is 183 Å². The van der Waals surface area contributed by atoms with Gasteiger partial charge in [0.2, 0.25) is 23.3 Å². The summed E-state index contributed by atoms with van der Waals surface area (Å²) in [6, 6.07) is 32.7. The lowest BCUT2D eigenvalue weighted by atomic mass is 10.0. The number of aromatic carboxylic acids is 1. The van der Waals surface area contributed by atoms with Crippen LogP contribution in [0.3, 0.4) is 0 Å². The standard InChI is InChI=1S/2C27H23F4N5O3.C16H11FN2O3.C11H14F3N3O.C9H10F3N3O2/c2*1-2-5-22(37)23-21-14-35(10-11-36(21)26(32-23)27(29,30)31)25(39)18-12-15(8-9-19(18)28)13-20-16-6-3-4-7-17(16)24(38)34-33-20;17-13-6-5-9(7-12(13)16(21)22)8-14-10-3-1-2-4-11(10)15(20)19-18-14;1-2-3-8(18)9-7-6-15-4-5-17(7)10(16-9)11(12,13)14;1-17-7(16)6-5-4-13-2-3-15(5)8(14-6)9(10,11)12/h2*3-4,6-9,12H,2,5,10-11,13-14H2,1H3,(H,34,38);1-7H,8H2,(H,19,20)(H,21,22);15H,2-6H2,1H3;13H,2-4H2,1H3. The molecule has 13 aromatic rings. The fraction of sp³-hybridized carbons (Fsp3) is 0.322. The van der Waals surface area contributed by atoms with Crippen LogP contribution < -0.4 is 27.3 Å². The maximum absolute atomic E-state index is 14.9. The van der Waals surface area contributed by atoms with Crippen LogP contribution in [-0.4, -0.2) is 158 Å². The molecule has 17 rings (SSSR count). The number of nitrogens with zero attached hydrogens (tertiary/aromatic N) is 13. The van der Waals surface area contributed by atoms with Gasteiger partial charge in [-0.2, -0.15) is 68.0 Å². The molecule has 0 fully saturated rings. The number of hydrogen-bond donors (Lipinski definition) is 6. The molecular formula is C90H81F15N18O12. The number of rotatable bonds is 19. The molecule has 30 nitrogen and oxygen atoms in total. The highest BCUT2D eigenvalue weighted by atomic mass is 19.4. The second kappa shape index (κ2) is 40.8. The summed E-state index contributed by atoms with van der Waals surface area (Å²) in [5.74, 6) is -11.8. The van der Waals surface area contributed by atoms with Gasteiger partial charge in [0.25, 0.3) is 28.5 Å². The number of aromatic amines is 3. The average molecular weight is 1890 g/mol. The van der Waals surface area contributed by atoms with E-state index in [0.717, 1.165) is 43.6 Å². The van der Waals surface area contributed by atoms with Crippen LogP contribution in [-0.2, 0) is 101 Å². The van der Waals surface area contributed by atoms with Crippen LogP contribution in [0, 0.1) is 17.5 Å². The third-order valence-corrected chi connectivity index (χ3v) is 22.2. The molecular weight excluding hydrogens is 1810 g/mol. The number of Topliss-reactive ketones (excluding diaryl/α,β-unsaturated/α-hetero) is 3. The number of benzene rings is 6. The van der Waals surface area contributed by atoms with Gasteiger partial charge in [0.15, 0.2) is 23.0 Å². The largest absolute Gasteiger partial charge is 0.478 e. The summed E-state index contributed by atoms with van der Waals surface area (Å²) in [5.41, 5.74) is 1.07. The Bertz CT molecular complexity index is 6700. The summed E-state index contributed by atoms with van der Waals surface area (Å²) >= 11 is 0. The zero-order chi connectivity index (χ0) is 97.4. The van der Waals surface area contributed by atoms with Crippen LogP contribution in [0.1, 0.15) is 212 Å². The smallest absolute Gasteiger partial charge is 0.449 e. The first-order chi connectivity index (χ1) is 64.1. The number of imidazole rings is 4. The van der Waals surface area contributed by atoms with Crippen LogP contribution in [0.15, 0.2) is 142 Å². The number of alkyl halides is 12. The van der Waals surface area contributed by atoms with Crippen LogP contribution >= 0.6 is 0 Å². The molecule has 0 unspecified atom stereocenters. The molecule has 0 radical (unpaired) electrons. The molecule has 45 heteroatoms. The number of carbonyl (C=O) groups is 7. The zero-order valence-electron chi connectivity index (χ0n) is 71.9. The van der Waals surface area contributed by atoms with Crippen molar-refractivity contribution in [3.63, 3.8) is 0 Å². The number of ketones is 3. The van der Waals surface area contributed by atoms with Gasteiger partial charge in [0.05, 0.1) is 92.9 Å². The predicted molar refractivity (Wildman–Crippen MR) is 453 cm³/mol. The van der Waals surface area contributed by atoms with E-state index in [4.69, 9.17) is 5.11 Å². The number of fused-ring (bicyclic) bond motifs is 7. The number of methoxy groups -OCH3 is 1. The Hall–Kier alpha value is -14.7. The van der Waals surface area contributed by atoms with E-state index in [1.165, 1.54) is 46.2 Å². The van der Waals surface area contributed by atoms with E-state index >= 15 is 0 Å². The first-order valence-corrected chi connectivity index (χ1v) is 41.9. The van der Waals surface area contributed by atoms with E-state index in [2.05, 4.69) is 65.9 Å². The summed E-state index contributed by atoms with van der Waals surface area (Å²) in [4.78, 5) is 138. The van der Waals surface area contributed by atoms with Gasteiger partial charge >= 0.3 is 36.6 Å². The summed E-state index contributed by atoms with van der Waals surface area (Å²) < 4.78 is 210. The highest BCUT2D eigenvalue weighted by molar-refractivity contribution is 5.99. The number of halogens is 15. The van der Waals surface area contributed by atoms with Crippen molar-refractivity contribution in [2.75, 3.05) is 33.3 Å². The monoisotopic (exact) mass is 1890 g/mol. The molecule has 135 heavy (non-hydrogen) atoms. The van der Waals surface area contributed by atoms with Crippen molar-refractivity contribution < 1.29 is 109 Å². The van der Waals surface area contributed by atoms with E-state index < -0.39 is 101 Å². The Balaban J connectivity index is 0.000000149. The van der Waals surface area contributed by atoms with Gasteiger partial charge in [-0.05, 0) is 90.6 Å². The van der Waals surface area contributed by atoms with Crippen molar-refractivity contribution in [1.82, 2.24) is 89.2 Å². The molecule has 0 aliphatic carbocycles. The number of amides is 2. The van der Waals surface area contributed by atoms with Crippen molar-refractivity contribution in [3.8, 4) is 0 Å². The molecule has 6 aromatic carbocycles. The number of nitrogens with one attached hydrogen (secondary N) is 5. The molecule has 4 aliphatic rings. The van der Waals surface area contributed by atoms with Crippen molar-refractivity contribution >= 4 is 73.4 Å². The van der Waals surface area contributed by atoms with Gasteiger partial charge in [0.1, 0.15) is 34.5 Å². The molecule has 11 heterocycles. The molecule has 0 saturated carbocycles. The predicted octanol–water partition coefficient (Wildman–Crippen LogP) is 14.1. The molecule has 0 bridgehead atoms. The summed E-state index contributed by atoms with van der Waals surface area (Å²) in [7, 11) is 1.11. The number of carbonyl (C=O) groups excluding carboxylic acids is 6. The highest BCUT2D eigenvalue weighted by Crippen LogP contribution is 2.38. The second-order valence-corrected chi connectivity index (χ2v) is 31.3. The number of esters is 1. The molecule has 0 atom stereocenters. The average Bonchev–Trinajstić information content (AvgIpc) is 1.62. The van der Waals surface area contributed by atoms with Crippen LogP contribution in [0.25, 0.3) is 32.3 Å². The number of hydrogen-bond acceptors (Lipinski definition) is 20. The van der Waals surface area contributed by atoms with Crippen LogP contribution in [0.5, 0.6) is 0 Å². The Morgan fingerprint density at radius 2 is 0.674 bits per heavy atom. The van der Waals surface area contributed by atoms with Crippen molar-refractivity contribution in [2.45, 2.75) is 156 Å². The first kappa shape index (κ1) is 97.9. The lowest BCUT2D eigenvalue weighted by Gasteiger charge is -2.30. The molecule has 4 aliphatic heterocycles. The Morgan fingerprint density at radius 3 is 0.985 bits per heavy atom. The molecule has 708 valence electrons. The van der Waals surface area contributed by atoms with Gasteiger partial charge in [-0.15, -0.1) is 0 Å². The van der Waals surface area contributed by atoms with Crippen molar-refractivity contribution in [1.29, 1.82) is 0 Å². The molecule has 7 aromatic heterocycles. The van der Waals surface area contributed by atoms with Crippen molar-refractivity contribution in [3.05, 3.63) is 295 Å². The van der Waals surface area contributed by atoms with E-state index in [1.54, 1.807) is 86.6 Å². The second-order valence-electron chi connectivity index (χ2n) is 31.3. The molecule has 6 N–H and O–H groups in total. The van der Waals surface area contributed by atoms with Gasteiger partial charge in [-0.25, -0.2) is 58.0 Å². The minimum atomic E-state index is -4.77. The number of ether oxygens (including phenoxy) is 1. The van der Waals surface area contributed by atoms with Gasteiger partial charge < -0.3 is 48.5 Å². The number of carboxylic acid groups (broad SMARTS) is 1. The molecule has 0 spiro atoms. The van der Waals surface area contributed by atoms with Gasteiger partial charge in [0, 0.05) is 120 Å². The van der Waals surface area contributed by atoms with E-state index in [1.807, 2.05) is 6.92 Å². The SMILES string of the molecule is CCCC(=O)c1nc(C(F)(F)F)n2c1CN(C(=O)c1cc(Cc3n[nH]c(=O)c4ccccc34)ccc1F)CC2.CCCC(=O)c1nc(C(F)(F)F)n2c1CN(C(=O)c1cc(Cc3n[nH]c(=O)c4ccccc34)ccc1F)CC2.CCCC(=O)c1nc(C(F)(F)F)n2c1CNCC2.COC(=O)c1nc(C(F)(F)F)n2c1CNCC2.O=C(O)c1cc(Cc2n[nH]c(=O)c3ccccc23)ccc1F. The summed E-state index contributed by atoms with van der Waals surface area (Å²) in [5, 5.41) is 37.7. The van der Waals surface area contributed by atoms with E-state index in [0.29, 0.717) is 104 Å². The van der Waals surface area contributed by atoms with Crippen molar-refractivity contribution in [2.24, 2.45) is 0 Å². The lowest BCUT2D eigenvalue weighted by Crippen LogP contribution is -2.40. The first-order valence-electron chi connectivity index (χ1n) is 41.9. The fourth-order valence-electron chi connectivity index (χ4n) is 15.9.